The second-order valence-corrected chi connectivity index (χ2v) is 11.5. The summed E-state index contributed by atoms with van der Waals surface area (Å²) in [4.78, 5) is 42.8. The topological polar surface area (TPSA) is 78.8 Å². The largest absolute Gasteiger partial charge is 0.274 e. The molecule has 8 heteroatoms. The van der Waals surface area contributed by atoms with Crippen LogP contribution in [0.3, 0.4) is 0 Å². The minimum Gasteiger partial charge on any atom is -0.274 e. The molecule has 1 N–H and O–H groups in total. The molecule has 0 radical (unpaired) electrons. The van der Waals surface area contributed by atoms with Gasteiger partial charge in [0.15, 0.2) is 0 Å². The van der Waals surface area contributed by atoms with Crippen LogP contribution in [0, 0.1) is 18.8 Å². The van der Waals surface area contributed by atoms with Gasteiger partial charge in [-0.2, -0.15) is 5.10 Å². The molecule has 3 amide bonds. The van der Waals surface area contributed by atoms with Crippen LogP contribution in [-0.2, 0) is 15.0 Å². The molecule has 0 spiro atoms. The van der Waals surface area contributed by atoms with Crippen molar-refractivity contribution < 1.29 is 14.4 Å². The third-order valence-corrected chi connectivity index (χ3v) is 9.30. The van der Waals surface area contributed by atoms with Crippen molar-refractivity contribution >= 4 is 52.8 Å². The van der Waals surface area contributed by atoms with Gasteiger partial charge in [0, 0.05) is 27.7 Å². The monoisotopic (exact) mass is 579 g/mol. The molecule has 1 fully saturated rings. The van der Waals surface area contributed by atoms with Crippen LogP contribution in [0.1, 0.15) is 44.1 Å². The van der Waals surface area contributed by atoms with Crippen LogP contribution in [0.4, 0.5) is 5.69 Å². The fourth-order valence-corrected chi connectivity index (χ4v) is 7.18. The lowest BCUT2D eigenvalue weighted by Gasteiger charge is -2.52. The van der Waals surface area contributed by atoms with Gasteiger partial charge in [-0.15, -0.1) is 0 Å². The second kappa shape index (κ2) is 9.40. The number of amides is 3. The number of halogens is 2. The molecular weight excluding hydrogens is 557 g/mol. The van der Waals surface area contributed by atoms with Gasteiger partial charge in [-0.3, -0.25) is 14.4 Å². The van der Waals surface area contributed by atoms with E-state index in [0.29, 0.717) is 21.3 Å². The number of anilines is 1. The average molecular weight is 580 g/mol. The van der Waals surface area contributed by atoms with Crippen LogP contribution in [0.25, 0.3) is 0 Å². The Morgan fingerprint density at radius 2 is 1.51 bits per heavy atom. The molecule has 6 nitrogen and oxygen atoms in total. The minimum absolute atomic E-state index is 0.267. The number of carbonyl (C=O) groups is 3. The number of imide groups is 1. The van der Waals surface area contributed by atoms with Crippen LogP contribution in [-0.4, -0.2) is 23.9 Å². The van der Waals surface area contributed by atoms with Crippen LogP contribution < -0.4 is 10.3 Å². The molecule has 1 heterocycles. The number of hydrogen-bond acceptors (Lipinski definition) is 4. The van der Waals surface area contributed by atoms with Crippen molar-refractivity contribution in [3.05, 3.63) is 134 Å². The standard InChI is InChI=1S/C33H23Cl2N3O3/c1-18-10-15-21(16-26(18)35)38-31(40)28-27-22-6-2-4-8-24(22)33(29(28)32(38)41,25-9-5-3-7-23(25)27)17-36-37-30(39)19-11-13-20(34)14-12-19/h2-17,27-29H,1H3,(H,37,39)/b36-17+/t27?,28-,29+,33?/m1/s1. The van der Waals surface area contributed by atoms with Gasteiger partial charge in [0.1, 0.15) is 0 Å². The number of benzene rings is 4. The van der Waals surface area contributed by atoms with Gasteiger partial charge in [-0.25, -0.2) is 10.3 Å². The molecule has 8 rings (SSSR count). The fraction of sp³-hybridized carbons (Fsp3) is 0.152. The number of nitrogens with one attached hydrogen (secondary N) is 1. The van der Waals surface area contributed by atoms with E-state index in [4.69, 9.17) is 23.2 Å². The van der Waals surface area contributed by atoms with Crippen molar-refractivity contribution in [2.45, 2.75) is 18.3 Å². The maximum absolute atomic E-state index is 14.4. The lowest BCUT2D eigenvalue weighted by molar-refractivity contribution is -0.122. The van der Waals surface area contributed by atoms with Gasteiger partial charge < -0.3 is 0 Å². The molecule has 41 heavy (non-hydrogen) atoms. The van der Waals surface area contributed by atoms with Crippen molar-refractivity contribution in [1.29, 1.82) is 0 Å². The highest BCUT2D eigenvalue weighted by Crippen LogP contribution is 2.63. The van der Waals surface area contributed by atoms with E-state index < -0.39 is 23.2 Å². The molecule has 4 aromatic carbocycles. The molecular formula is C33H23Cl2N3O3. The summed E-state index contributed by atoms with van der Waals surface area (Å²) in [5, 5.41) is 5.44. The van der Waals surface area contributed by atoms with Crippen LogP contribution in [0.5, 0.6) is 0 Å². The molecule has 4 aliphatic rings. The first-order valence-corrected chi connectivity index (χ1v) is 14.0. The number of rotatable bonds is 4. The van der Waals surface area contributed by atoms with Crippen molar-refractivity contribution in [1.82, 2.24) is 5.43 Å². The van der Waals surface area contributed by atoms with E-state index in [2.05, 4.69) is 10.5 Å². The summed E-state index contributed by atoms with van der Waals surface area (Å²) in [5.74, 6) is -2.71. The highest BCUT2D eigenvalue weighted by atomic mass is 35.5. The molecule has 202 valence electrons. The lowest BCUT2D eigenvalue weighted by atomic mass is 9.47. The number of aryl methyl sites for hydroxylation is 1. The van der Waals surface area contributed by atoms with E-state index in [-0.39, 0.29) is 17.7 Å². The van der Waals surface area contributed by atoms with Crippen LogP contribution in [0.2, 0.25) is 10.0 Å². The summed E-state index contributed by atoms with van der Waals surface area (Å²) in [6.07, 6.45) is 1.64. The second-order valence-electron chi connectivity index (χ2n) is 10.7. The summed E-state index contributed by atoms with van der Waals surface area (Å²) in [6, 6.07) is 27.5. The van der Waals surface area contributed by atoms with E-state index in [1.165, 1.54) is 4.90 Å². The van der Waals surface area contributed by atoms with E-state index in [1.807, 2.05) is 61.5 Å². The summed E-state index contributed by atoms with van der Waals surface area (Å²) in [5.41, 5.74) is 6.99. The Hall–Kier alpha value is -4.26. The number of nitrogens with zero attached hydrogens (tertiary/aromatic N) is 2. The zero-order chi connectivity index (χ0) is 28.5. The molecule has 4 aromatic rings. The third-order valence-electron chi connectivity index (χ3n) is 8.64. The Morgan fingerprint density at radius 3 is 2.15 bits per heavy atom. The third kappa shape index (κ3) is 3.64. The first kappa shape index (κ1) is 25.7. The summed E-state index contributed by atoms with van der Waals surface area (Å²) < 4.78 is 0. The Morgan fingerprint density at radius 1 is 0.878 bits per heavy atom. The highest BCUT2D eigenvalue weighted by Gasteiger charge is 2.68. The molecule has 3 aliphatic carbocycles. The van der Waals surface area contributed by atoms with Crippen molar-refractivity contribution in [3.8, 4) is 0 Å². The summed E-state index contributed by atoms with van der Waals surface area (Å²) >= 11 is 12.4. The number of carbonyl (C=O) groups excluding carboxylic acids is 3. The van der Waals surface area contributed by atoms with E-state index in [9.17, 15) is 14.4 Å². The van der Waals surface area contributed by atoms with Crippen LogP contribution in [0.15, 0.2) is 96.1 Å². The Kier molecular flexibility index (Phi) is 5.89. The Labute approximate surface area is 246 Å². The van der Waals surface area contributed by atoms with Crippen molar-refractivity contribution in [2.75, 3.05) is 4.90 Å². The van der Waals surface area contributed by atoms with Gasteiger partial charge in [0.05, 0.1) is 22.9 Å². The Bertz CT molecular complexity index is 1750. The van der Waals surface area contributed by atoms with Gasteiger partial charge in [0.25, 0.3) is 5.91 Å². The van der Waals surface area contributed by atoms with Gasteiger partial charge in [-0.1, -0.05) is 77.8 Å². The van der Waals surface area contributed by atoms with E-state index in [0.717, 1.165) is 27.8 Å². The smallest absolute Gasteiger partial charge is 0.271 e. The first-order valence-electron chi connectivity index (χ1n) is 13.3. The molecule has 2 bridgehead atoms. The summed E-state index contributed by atoms with van der Waals surface area (Å²) in [7, 11) is 0. The molecule has 2 atom stereocenters. The molecule has 0 unspecified atom stereocenters. The van der Waals surface area contributed by atoms with Crippen molar-refractivity contribution in [2.24, 2.45) is 16.9 Å². The SMILES string of the molecule is Cc1ccc(N2C(=O)[C@@H]3C4c5ccccc5C(/C=N/NC(=O)c5ccc(Cl)cc5)(c5ccccc54)[C@@H]3C2=O)cc1Cl. The average Bonchev–Trinajstić information content (AvgIpc) is 3.25. The van der Waals surface area contributed by atoms with E-state index in [1.54, 1.807) is 42.6 Å². The highest BCUT2D eigenvalue weighted by molar-refractivity contribution is 6.32. The maximum Gasteiger partial charge on any atom is 0.271 e. The van der Waals surface area contributed by atoms with Gasteiger partial charge in [0.2, 0.25) is 11.8 Å². The molecule has 1 aliphatic heterocycles. The quantitative estimate of drug-likeness (QED) is 0.176. The predicted octanol–water partition coefficient (Wildman–Crippen LogP) is 6.27. The van der Waals surface area contributed by atoms with Crippen molar-refractivity contribution in [3.63, 3.8) is 0 Å². The number of hydrogen-bond donors (Lipinski definition) is 1. The van der Waals surface area contributed by atoms with Gasteiger partial charge >= 0.3 is 0 Å². The normalized spacial score (nSPS) is 23.9. The molecule has 0 saturated carbocycles. The van der Waals surface area contributed by atoms with E-state index >= 15 is 0 Å². The van der Waals surface area contributed by atoms with Crippen LogP contribution >= 0.6 is 23.2 Å². The zero-order valence-corrected chi connectivity index (χ0v) is 23.4. The fourth-order valence-electron chi connectivity index (χ4n) is 6.88. The zero-order valence-electron chi connectivity index (χ0n) is 21.8. The first-order chi connectivity index (χ1) is 19.8. The molecule has 1 saturated heterocycles. The summed E-state index contributed by atoms with van der Waals surface area (Å²) in [6.45, 7) is 1.87. The predicted molar refractivity (Wildman–Crippen MR) is 159 cm³/mol. The lowest BCUT2D eigenvalue weighted by Crippen LogP contribution is -2.54. The maximum atomic E-state index is 14.4. The Balaban J connectivity index is 1.39. The molecule has 0 aromatic heterocycles. The minimum atomic E-state index is -1.09. The number of hydrazone groups is 1. The van der Waals surface area contributed by atoms with Gasteiger partial charge in [-0.05, 0) is 71.1 Å².